The first kappa shape index (κ1) is 15.5. The minimum atomic E-state index is -0.372. The van der Waals surface area contributed by atoms with Crippen molar-refractivity contribution in [3.63, 3.8) is 0 Å². The number of rotatable bonds is 4. The van der Waals surface area contributed by atoms with Gasteiger partial charge in [0, 0.05) is 11.0 Å². The van der Waals surface area contributed by atoms with E-state index in [4.69, 9.17) is 5.73 Å². The van der Waals surface area contributed by atoms with E-state index in [-0.39, 0.29) is 18.0 Å². The van der Waals surface area contributed by atoms with Crippen LogP contribution in [-0.4, -0.2) is 23.4 Å². The highest BCUT2D eigenvalue weighted by Crippen LogP contribution is 2.33. The van der Waals surface area contributed by atoms with E-state index in [0.717, 1.165) is 30.3 Å². The van der Waals surface area contributed by atoms with E-state index in [2.05, 4.69) is 41.9 Å². The highest BCUT2D eigenvalue weighted by Gasteiger charge is 2.32. The Kier molecular flexibility index (Phi) is 5.22. The fraction of sp³-hybridized carbons (Fsp3) is 0.562. The van der Waals surface area contributed by atoms with Gasteiger partial charge in [-0.15, -0.1) is 0 Å². The number of likely N-dealkylation sites (tertiary alicyclic amines) is 1. The standard InChI is InChI=1S/C16H23BrN2O/c1-11(2)9-14(18)16(20)19-8-4-7-15(19)12-5-3-6-13(17)10-12/h3,5-6,10-11,14-15H,4,7-9,18H2,1-2H3/t14-,15?/m1/s1. The summed E-state index contributed by atoms with van der Waals surface area (Å²) in [7, 11) is 0. The van der Waals surface area contributed by atoms with Crippen LogP contribution in [0.4, 0.5) is 0 Å². The summed E-state index contributed by atoms with van der Waals surface area (Å²) in [5, 5.41) is 0. The van der Waals surface area contributed by atoms with E-state index in [1.165, 1.54) is 5.56 Å². The normalized spacial score (nSPS) is 20.4. The molecular weight excluding hydrogens is 316 g/mol. The van der Waals surface area contributed by atoms with Gasteiger partial charge in [-0.25, -0.2) is 0 Å². The molecule has 2 N–H and O–H groups in total. The highest BCUT2D eigenvalue weighted by molar-refractivity contribution is 9.10. The van der Waals surface area contributed by atoms with Crippen molar-refractivity contribution in [2.45, 2.75) is 45.2 Å². The van der Waals surface area contributed by atoms with E-state index in [9.17, 15) is 4.79 Å². The van der Waals surface area contributed by atoms with Crippen molar-refractivity contribution in [2.75, 3.05) is 6.54 Å². The smallest absolute Gasteiger partial charge is 0.240 e. The predicted octanol–water partition coefficient (Wildman–Crippen LogP) is 3.49. The fourth-order valence-corrected chi connectivity index (χ4v) is 3.33. The molecule has 1 fully saturated rings. The minimum absolute atomic E-state index is 0.0983. The van der Waals surface area contributed by atoms with Crippen molar-refractivity contribution in [1.82, 2.24) is 4.90 Å². The second-order valence-corrected chi connectivity index (χ2v) is 6.90. The van der Waals surface area contributed by atoms with Gasteiger partial charge in [0.25, 0.3) is 0 Å². The van der Waals surface area contributed by atoms with Crippen LogP contribution in [0.25, 0.3) is 0 Å². The number of benzene rings is 1. The largest absolute Gasteiger partial charge is 0.334 e. The topological polar surface area (TPSA) is 46.3 Å². The Labute approximate surface area is 129 Å². The van der Waals surface area contributed by atoms with Crippen LogP contribution in [0.15, 0.2) is 28.7 Å². The molecule has 0 radical (unpaired) electrons. The zero-order valence-corrected chi connectivity index (χ0v) is 13.8. The van der Waals surface area contributed by atoms with Gasteiger partial charge in [-0.05, 0) is 42.9 Å². The molecule has 2 atom stereocenters. The third-order valence-electron chi connectivity index (χ3n) is 3.81. The third kappa shape index (κ3) is 3.61. The average molecular weight is 339 g/mol. The Balaban J connectivity index is 2.13. The lowest BCUT2D eigenvalue weighted by molar-refractivity contribution is -0.133. The Hall–Kier alpha value is -0.870. The summed E-state index contributed by atoms with van der Waals surface area (Å²) in [4.78, 5) is 14.5. The average Bonchev–Trinajstić information content (AvgIpc) is 2.86. The maximum Gasteiger partial charge on any atom is 0.240 e. The molecule has 2 rings (SSSR count). The zero-order chi connectivity index (χ0) is 14.7. The van der Waals surface area contributed by atoms with Crippen LogP contribution < -0.4 is 5.73 Å². The molecule has 0 saturated carbocycles. The van der Waals surface area contributed by atoms with Crippen molar-refractivity contribution in [2.24, 2.45) is 11.7 Å². The van der Waals surface area contributed by atoms with Gasteiger partial charge >= 0.3 is 0 Å². The molecule has 3 nitrogen and oxygen atoms in total. The Bertz CT molecular complexity index is 475. The molecule has 110 valence electrons. The number of carbonyl (C=O) groups excluding carboxylic acids is 1. The minimum Gasteiger partial charge on any atom is -0.334 e. The molecule has 0 bridgehead atoms. The Morgan fingerprint density at radius 2 is 2.25 bits per heavy atom. The molecule has 0 spiro atoms. The van der Waals surface area contributed by atoms with Gasteiger partial charge in [0.15, 0.2) is 0 Å². The first-order valence-electron chi connectivity index (χ1n) is 7.30. The Morgan fingerprint density at radius 3 is 2.90 bits per heavy atom. The van der Waals surface area contributed by atoms with Crippen LogP contribution >= 0.6 is 15.9 Å². The first-order valence-corrected chi connectivity index (χ1v) is 8.10. The highest BCUT2D eigenvalue weighted by atomic mass is 79.9. The monoisotopic (exact) mass is 338 g/mol. The van der Waals surface area contributed by atoms with Gasteiger partial charge in [-0.1, -0.05) is 41.9 Å². The quantitative estimate of drug-likeness (QED) is 0.913. The van der Waals surface area contributed by atoms with Crippen LogP contribution in [0.1, 0.15) is 44.7 Å². The SMILES string of the molecule is CC(C)C[C@@H](N)C(=O)N1CCCC1c1cccc(Br)c1. The molecular formula is C16H23BrN2O. The predicted molar refractivity (Wildman–Crippen MR) is 85.3 cm³/mol. The number of hydrogen-bond donors (Lipinski definition) is 1. The summed E-state index contributed by atoms with van der Waals surface area (Å²) in [5.41, 5.74) is 7.26. The molecule has 1 aliphatic rings. The van der Waals surface area contributed by atoms with Crippen LogP contribution in [-0.2, 0) is 4.79 Å². The first-order chi connectivity index (χ1) is 9.49. The van der Waals surface area contributed by atoms with E-state index < -0.39 is 0 Å². The van der Waals surface area contributed by atoms with Crippen LogP contribution in [0, 0.1) is 5.92 Å². The molecule has 0 aliphatic carbocycles. The van der Waals surface area contributed by atoms with E-state index >= 15 is 0 Å². The van der Waals surface area contributed by atoms with E-state index in [1.54, 1.807) is 0 Å². The van der Waals surface area contributed by atoms with Gasteiger partial charge in [0.05, 0.1) is 12.1 Å². The summed E-state index contributed by atoms with van der Waals surface area (Å²) in [6.07, 6.45) is 2.83. The molecule has 1 aromatic rings. The molecule has 0 aromatic heterocycles. The maximum absolute atomic E-state index is 12.5. The molecule has 1 saturated heterocycles. The number of nitrogens with zero attached hydrogens (tertiary/aromatic N) is 1. The van der Waals surface area contributed by atoms with Gasteiger partial charge in [0.1, 0.15) is 0 Å². The number of nitrogens with two attached hydrogens (primary N) is 1. The van der Waals surface area contributed by atoms with Gasteiger partial charge in [-0.3, -0.25) is 4.79 Å². The van der Waals surface area contributed by atoms with Gasteiger partial charge in [0.2, 0.25) is 5.91 Å². The summed E-state index contributed by atoms with van der Waals surface area (Å²) < 4.78 is 1.06. The van der Waals surface area contributed by atoms with Crippen molar-refractivity contribution in [3.8, 4) is 0 Å². The molecule has 20 heavy (non-hydrogen) atoms. The van der Waals surface area contributed by atoms with E-state index in [0.29, 0.717) is 5.92 Å². The summed E-state index contributed by atoms with van der Waals surface area (Å²) in [6, 6.07) is 8.03. The fourth-order valence-electron chi connectivity index (χ4n) is 2.91. The third-order valence-corrected chi connectivity index (χ3v) is 4.31. The second kappa shape index (κ2) is 6.72. The van der Waals surface area contributed by atoms with Crippen molar-refractivity contribution < 1.29 is 4.79 Å². The lowest BCUT2D eigenvalue weighted by Crippen LogP contribution is -2.44. The van der Waals surface area contributed by atoms with Crippen LogP contribution in [0.3, 0.4) is 0 Å². The number of hydrogen-bond acceptors (Lipinski definition) is 2. The molecule has 1 aliphatic heterocycles. The summed E-state index contributed by atoms with van der Waals surface area (Å²) in [6.45, 7) is 5.02. The molecule has 4 heteroatoms. The lowest BCUT2D eigenvalue weighted by Gasteiger charge is -2.28. The van der Waals surface area contributed by atoms with Gasteiger partial charge < -0.3 is 10.6 Å². The number of amides is 1. The van der Waals surface area contributed by atoms with Crippen molar-refractivity contribution in [1.29, 1.82) is 0 Å². The zero-order valence-electron chi connectivity index (χ0n) is 12.2. The lowest BCUT2D eigenvalue weighted by atomic mass is 10.0. The number of carbonyl (C=O) groups is 1. The van der Waals surface area contributed by atoms with E-state index in [1.807, 2.05) is 17.0 Å². The molecule has 1 amide bonds. The Morgan fingerprint density at radius 1 is 1.50 bits per heavy atom. The van der Waals surface area contributed by atoms with Crippen LogP contribution in [0.5, 0.6) is 0 Å². The summed E-state index contributed by atoms with van der Waals surface area (Å²) >= 11 is 3.50. The molecule has 1 heterocycles. The molecule has 1 aromatic carbocycles. The van der Waals surface area contributed by atoms with Crippen LogP contribution in [0.2, 0.25) is 0 Å². The second-order valence-electron chi connectivity index (χ2n) is 5.98. The maximum atomic E-state index is 12.5. The van der Waals surface area contributed by atoms with Crippen molar-refractivity contribution in [3.05, 3.63) is 34.3 Å². The number of halogens is 1. The van der Waals surface area contributed by atoms with Crippen molar-refractivity contribution >= 4 is 21.8 Å². The summed E-state index contributed by atoms with van der Waals surface area (Å²) in [5.74, 6) is 0.544. The molecule has 1 unspecified atom stereocenters. The van der Waals surface area contributed by atoms with Gasteiger partial charge in [-0.2, -0.15) is 0 Å².